The summed E-state index contributed by atoms with van der Waals surface area (Å²) in [6, 6.07) is 0. The van der Waals surface area contributed by atoms with Crippen molar-refractivity contribution in [3.63, 3.8) is 0 Å². The first kappa shape index (κ1) is 11.4. The van der Waals surface area contributed by atoms with Gasteiger partial charge in [0.1, 0.15) is 0 Å². The van der Waals surface area contributed by atoms with E-state index in [2.05, 4.69) is 0 Å². The molecule has 0 aromatic heterocycles. The summed E-state index contributed by atoms with van der Waals surface area (Å²) in [5, 5.41) is 0. The van der Waals surface area contributed by atoms with Gasteiger partial charge in [-0.2, -0.15) is 0 Å². The fourth-order valence-corrected chi connectivity index (χ4v) is 3.17. The molecule has 5 heteroatoms. The van der Waals surface area contributed by atoms with Crippen molar-refractivity contribution >= 4 is 0 Å². The summed E-state index contributed by atoms with van der Waals surface area (Å²) in [4.78, 5) is 0. The predicted molar refractivity (Wildman–Crippen MR) is 35.6 cm³/mol. The van der Waals surface area contributed by atoms with E-state index < -0.39 is 17.2 Å². The zero-order valence-electron chi connectivity index (χ0n) is 7.16. The third kappa shape index (κ3) is 4.75. The molecule has 0 atom stereocenters. The minimum atomic E-state index is -4.01. The van der Waals surface area contributed by atoms with Crippen molar-refractivity contribution in [1.82, 2.24) is 0 Å². The van der Waals surface area contributed by atoms with Gasteiger partial charge in [-0.3, -0.25) is 0 Å². The van der Waals surface area contributed by atoms with Crippen LogP contribution < -0.4 is 0 Å². The molecule has 0 aromatic rings. The summed E-state index contributed by atoms with van der Waals surface area (Å²) in [6.45, 7) is 6.38. The van der Waals surface area contributed by atoms with Crippen molar-refractivity contribution in [1.29, 1.82) is 0 Å². The molecule has 0 amide bonds. The molecule has 0 aliphatic rings. The molecule has 0 aliphatic carbocycles. The second-order valence-corrected chi connectivity index (χ2v) is 5.37. The third-order valence-corrected chi connectivity index (χ3v) is 4.65. The van der Waals surface area contributed by atoms with E-state index in [1.807, 2.05) is 0 Å². The number of hydrogen-bond donors (Lipinski definition) is 0. The van der Waals surface area contributed by atoms with Gasteiger partial charge in [0, 0.05) is 0 Å². The molecule has 4 nitrogen and oxygen atoms in total. The molecule has 0 heterocycles. The van der Waals surface area contributed by atoms with Crippen LogP contribution >= 0.6 is 0 Å². The Labute approximate surface area is 71.7 Å². The van der Waals surface area contributed by atoms with E-state index in [0.29, 0.717) is 19.8 Å². The van der Waals surface area contributed by atoms with Gasteiger partial charge in [0.25, 0.3) is 0 Å². The molecule has 0 radical (unpaired) electrons. The Morgan fingerprint density at radius 1 is 0.909 bits per heavy atom. The molecule has 0 aromatic carbocycles. The maximum absolute atomic E-state index is 11.4. The summed E-state index contributed by atoms with van der Waals surface area (Å²) in [6.07, 6.45) is 0. The minimum absolute atomic E-state index is 0.366. The van der Waals surface area contributed by atoms with E-state index in [4.69, 9.17) is 10.2 Å². The summed E-state index contributed by atoms with van der Waals surface area (Å²) >= 11 is -4.01. The van der Waals surface area contributed by atoms with Gasteiger partial charge in [0.2, 0.25) is 0 Å². The van der Waals surface area contributed by atoms with Crippen molar-refractivity contribution in [3.8, 4) is 0 Å². The molecule has 0 rings (SSSR count). The monoisotopic (exact) mass is 249 g/mol. The Hall–Kier alpha value is 0.368. The van der Waals surface area contributed by atoms with Crippen LogP contribution in [-0.4, -0.2) is 19.8 Å². The predicted octanol–water partition coefficient (Wildman–Crippen LogP) is 1.34. The van der Waals surface area contributed by atoms with E-state index in [9.17, 15) is 3.40 Å². The van der Waals surface area contributed by atoms with Gasteiger partial charge in [-0.05, 0) is 0 Å². The first-order valence-corrected chi connectivity index (χ1v) is 6.93. The van der Waals surface area contributed by atoms with Crippen LogP contribution in [0.4, 0.5) is 0 Å². The van der Waals surface area contributed by atoms with Gasteiger partial charge in [-0.1, -0.05) is 0 Å². The van der Waals surface area contributed by atoms with Gasteiger partial charge in [0.15, 0.2) is 0 Å². The van der Waals surface area contributed by atoms with Gasteiger partial charge >= 0.3 is 71.3 Å². The summed E-state index contributed by atoms with van der Waals surface area (Å²) in [7, 11) is 0. The molecule has 0 saturated carbocycles. The maximum atomic E-state index is 11.4. The van der Waals surface area contributed by atoms with Crippen molar-refractivity contribution < 1.29 is 30.7 Å². The molecule has 69 valence electrons. The fourth-order valence-electron chi connectivity index (χ4n) is 0.535. The standard InChI is InChI=1S/3C2H5O.Mo.O/c3*1-2-3;;/h3*2H2,1H3;;/q3*-1;+3;. The van der Waals surface area contributed by atoms with Gasteiger partial charge in [-0.15, -0.1) is 0 Å². The van der Waals surface area contributed by atoms with Crippen LogP contribution in [0.5, 0.6) is 0 Å². The van der Waals surface area contributed by atoms with E-state index >= 15 is 0 Å². The molecule has 0 saturated heterocycles. The molecule has 0 spiro atoms. The summed E-state index contributed by atoms with van der Waals surface area (Å²) < 4.78 is 26.1. The molecule has 0 unspecified atom stereocenters. The second kappa shape index (κ2) is 5.95. The van der Waals surface area contributed by atoms with Gasteiger partial charge < -0.3 is 0 Å². The first-order chi connectivity index (χ1) is 5.18. The van der Waals surface area contributed by atoms with Gasteiger partial charge in [-0.25, -0.2) is 0 Å². The molecule has 0 aliphatic heterocycles. The van der Waals surface area contributed by atoms with E-state index in [1.54, 1.807) is 20.8 Å². The van der Waals surface area contributed by atoms with Crippen molar-refractivity contribution in [3.05, 3.63) is 0 Å². The van der Waals surface area contributed by atoms with Crippen LogP contribution in [0.1, 0.15) is 20.8 Å². The number of hydrogen-bond acceptors (Lipinski definition) is 4. The van der Waals surface area contributed by atoms with Crippen molar-refractivity contribution in [2.75, 3.05) is 19.8 Å². The normalized spacial score (nSPS) is 11.9. The van der Waals surface area contributed by atoms with Gasteiger partial charge in [0.05, 0.1) is 0 Å². The van der Waals surface area contributed by atoms with Crippen LogP contribution in [0.2, 0.25) is 0 Å². The number of rotatable bonds is 6. The Balaban J connectivity index is 3.91. The molecule has 0 N–H and O–H groups in total. The van der Waals surface area contributed by atoms with Crippen LogP contribution in [0.25, 0.3) is 0 Å². The average molecular weight is 247 g/mol. The second-order valence-electron chi connectivity index (χ2n) is 1.63. The van der Waals surface area contributed by atoms with Crippen molar-refractivity contribution in [2.45, 2.75) is 20.8 Å². The average Bonchev–Trinajstić information content (AvgIpc) is 1.88. The van der Waals surface area contributed by atoms with Crippen LogP contribution in [0, 0.1) is 0 Å². The fraction of sp³-hybridized carbons (Fsp3) is 1.00. The first-order valence-electron chi connectivity index (χ1n) is 3.65. The molecule has 11 heavy (non-hydrogen) atoms. The Morgan fingerprint density at radius 2 is 1.18 bits per heavy atom. The Bertz CT molecular complexity index is 113. The van der Waals surface area contributed by atoms with E-state index in [1.165, 1.54) is 0 Å². The molecular weight excluding hydrogens is 232 g/mol. The Morgan fingerprint density at radius 3 is 1.36 bits per heavy atom. The van der Waals surface area contributed by atoms with E-state index in [0.717, 1.165) is 0 Å². The van der Waals surface area contributed by atoms with Crippen LogP contribution in [-0.2, 0) is 30.7 Å². The SMILES string of the molecule is CC[O][Mo](=[O])([O]CC)[O]CC. The molecule has 0 fully saturated rings. The molecular formula is C6H15MoO4. The van der Waals surface area contributed by atoms with Crippen LogP contribution in [0.3, 0.4) is 0 Å². The summed E-state index contributed by atoms with van der Waals surface area (Å²) in [5.74, 6) is 0. The topological polar surface area (TPSA) is 44.8 Å². The summed E-state index contributed by atoms with van der Waals surface area (Å²) in [5.41, 5.74) is 0. The quantitative estimate of drug-likeness (QED) is 0.664. The zero-order valence-corrected chi connectivity index (χ0v) is 9.17. The zero-order chi connectivity index (χ0) is 8.74. The van der Waals surface area contributed by atoms with Crippen LogP contribution in [0.15, 0.2) is 0 Å². The van der Waals surface area contributed by atoms with E-state index in [-0.39, 0.29) is 0 Å². The Kier molecular flexibility index (Phi) is 6.15. The third-order valence-electron chi connectivity index (χ3n) is 0.787. The van der Waals surface area contributed by atoms with Crippen molar-refractivity contribution in [2.24, 2.45) is 0 Å². The molecule has 0 bridgehead atoms.